The maximum absolute atomic E-state index is 11.6. The standard InChI is InChI=1S/C14H16O4/c1-8-6-10(12(15)18-3)7-11(9(8)2)14(4-5-14)13(16)17/h6-7H,4-5H2,1-3H3,(H,16,17). The number of benzene rings is 1. The molecule has 0 amide bonds. The lowest BCUT2D eigenvalue weighted by molar-refractivity contribution is -0.140. The number of carboxylic acid groups (broad SMARTS) is 1. The number of rotatable bonds is 3. The maximum atomic E-state index is 11.6. The van der Waals surface area contributed by atoms with Crippen LogP contribution in [-0.2, 0) is 14.9 Å². The molecule has 0 atom stereocenters. The first-order chi connectivity index (χ1) is 8.42. The molecule has 4 heteroatoms. The number of aryl methyl sites for hydroxylation is 1. The zero-order valence-electron chi connectivity index (χ0n) is 10.7. The van der Waals surface area contributed by atoms with E-state index in [0.29, 0.717) is 18.4 Å². The summed E-state index contributed by atoms with van der Waals surface area (Å²) in [6.07, 6.45) is 1.26. The summed E-state index contributed by atoms with van der Waals surface area (Å²) in [6, 6.07) is 3.40. The Kier molecular flexibility index (Phi) is 2.89. The molecule has 0 radical (unpaired) electrons. The number of carboxylic acids is 1. The predicted molar refractivity (Wildman–Crippen MR) is 65.8 cm³/mol. The van der Waals surface area contributed by atoms with Gasteiger partial charge in [0.25, 0.3) is 0 Å². The first-order valence-corrected chi connectivity index (χ1v) is 5.86. The Bertz CT molecular complexity index is 527. The normalized spacial score (nSPS) is 16.2. The van der Waals surface area contributed by atoms with Gasteiger partial charge in [-0.05, 0) is 55.5 Å². The number of hydrogen-bond donors (Lipinski definition) is 1. The average molecular weight is 248 g/mol. The SMILES string of the molecule is COC(=O)c1cc(C)c(C)c(C2(C(=O)O)CC2)c1. The van der Waals surface area contributed by atoms with Crippen molar-refractivity contribution in [2.45, 2.75) is 32.1 Å². The predicted octanol–water partition coefficient (Wildman–Crippen LogP) is 2.21. The summed E-state index contributed by atoms with van der Waals surface area (Å²) < 4.78 is 4.69. The Balaban J connectivity index is 2.57. The highest BCUT2D eigenvalue weighted by Crippen LogP contribution is 2.50. The number of carbonyl (C=O) groups is 2. The van der Waals surface area contributed by atoms with E-state index in [1.165, 1.54) is 7.11 Å². The number of carbonyl (C=O) groups excluding carboxylic acids is 1. The summed E-state index contributed by atoms with van der Waals surface area (Å²) in [5, 5.41) is 9.34. The van der Waals surface area contributed by atoms with Crippen molar-refractivity contribution in [3.63, 3.8) is 0 Å². The second kappa shape index (κ2) is 4.12. The number of hydrogen-bond acceptors (Lipinski definition) is 3. The molecule has 0 saturated heterocycles. The van der Waals surface area contributed by atoms with Crippen LogP contribution in [0.4, 0.5) is 0 Å². The second-order valence-corrected chi connectivity index (χ2v) is 4.84. The van der Waals surface area contributed by atoms with Crippen LogP contribution in [0.3, 0.4) is 0 Å². The van der Waals surface area contributed by atoms with E-state index in [2.05, 4.69) is 0 Å². The zero-order chi connectivity index (χ0) is 13.5. The molecule has 1 N–H and O–H groups in total. The molecule has 0 unspecified atom stereocenters. The van der Waals surface area contributed by atoms with Gasteiger partial charge in [-0.15, -0.1) is 0 Å². The Morgan fingerprint density at radius 2 is 1.89 bits per heavy atom. The van der Waals surface area contributed by atoms with Gasteiger partial charge >= 0.3 is 11.9 Å². The van der Waals surface area contributed by atoms with E-state index in [-0.39, 0.29) is 0 Å². The molecule has 0 heterocycles. The Morgan fingerprint density at radius 1 is 1.28 bits per heavy atom. The molecule has 18 heavy (non-hydrogen) atoms. The first kappa shape index (κ1) is 12.6. The molecule has 96 valence electrons. The summed E-state index contributed by atoms with van der Waals surface area (Å²) in [5.41, 5.74) is 2.24. The molecule has 4 nitrogen and oxygen atoms in total. The fraction of sp³-hybridized carbons (Fsp3) is 0.429. The summed E-state index contributed by atoms with van der Waals surface area (Å²) in [4.78, 5) is 23.0. The average Bonchev–Trinajstić information content (AvgIpc) is 3.12. The highest BCUT2D eigenvalue weighted by atomic mass is 16.5. The van der Waals surface area contributed by atoms with E-state index in [1.54, 1.807) is 12.1 Å². The van der Waals surface area contributed by atoms with Crippen molar-refractivity contribution in [3.8, 4) is 0 Å². The van der Waals surface area contributed by atoms with Crippen LogP contribution in [0, 0.1) is 13.8 Å². The van der Waals surface area contributed by atoms with Crippen molar-refractivity contribution >= 4 is 11.9 Å². The minimum absolute atomic E-state index is 0.420. The summed E-state index contributed by atoms with van der Waals surface area (Å²) in [7, 11) is 1.32. The molecule has 1 aromatic rings. The molecule has 0 aromatic heterocycles. The number of ether oxygens (including phenoxy) is 1. The van der Waals surface area contributed by atoms with Crippen LogP contribution in [0.2, 0.25) is 0 Å². The lowest BCUT2D eigenvalue weighted by Crippen LogP contribution is -2.22. The molecule has 1 fully saturated rings. The summed E-state index contributed by atoms with van der Waals surface area (Å²) in [5.74, 6) is -1.24. The summed E-state index contributed by atoms with van der Waals surface area (Å²) >= 11 is 0. The molecule has 1 aliphatic rings. The Hall–Kier alpha value is -1.84. The molecule has 0 bridgehead atoms. The monoisotopic (exact) mass is 248 g/mol. The van der Waals surface area contributed by atoms with Crippen LogP contribution in [0.15, 0.2) is 12.1 Å². The number of methoxy groups -OCH3 is 1. The molecule has 2 rings (SSSR count). The number of aliphatic carboxylic acids is 1. The van der Waals surface area contributed by atoms with Gasteiger partial charge in [0.2, 0.25) is 0 Å². The van der Waals surface area contributed by atoms with Gasteiger partial charge in [0.05, 0.1) is 18.1 Å². The van der Waals surface area contributed by atoms with Crippen LogP contribution in [0.1, 0.15) is 39.9 Å². The van der Waals surface area contributed by atoms with Crippen LogP contribution in [0.25, 0.3) is 0 Å². The van der Waals surface area contributed by atoms with Gasteiger partial charge in [0.15, 0.2) is 0 Å². The largest absolute Gasteiger partial charge is 0.481 e. The zero-order valence-corrected chi connectivity index (χ0v) is 10.7. The molecular weight excluding hydrogens is 232 g/mol. The van der Waals surface area contributed by atoms with Crippen molar-refractivity contribution in [3.05, 3.63) is 34.4 Å². The van der Waals surface area contributed by atoms with Crippen molar-refractivity contribution in [2.24, 2.45) is 0 Å². The molecule has 0 aliphatic heterocycles. The quantitative estimate of drug-likeness (QED) is 0.833. The molecule has 0 spiro atoms. The van der Waals surface area contributed by atoms with Crippen molar-refractivity contribution in [1.29, 1.82) is 0 Å². The minimum Gasteiger partial charge on any atom is -0.481 e. The van der Waals surface area contributed by atoms with Gasteiger partial charge in [-0.25, -0.2) is 4.79 Å². The van der Waals surface area contributed by atoms with Crippen LogP contribution in [0.5, 0.6) is 0 Å². The van der Waals surface area contributed by atoms with Gasteiger partial charge in [0, 0.05) is 0 Å². The topological polar surface area (TPSA) is 63.6 Å². The molecule has 1 aliphatic carbocycles. The van der Waals surface area contributed by atoms with E-state index in [4.69, 9.17) is 4.74 Å². The summed E-state index contributed by atoms with van der Waals surface area (Å²) in [6.45, 7) is 3.78. The fourth-order valence-electron chi connectivity index (χ4n) is 2.32. The van der Waals surface area contributed by atoms with Crippen molar-refractivity contribution < 1.29 is 19.4 Å². The van der Waals surface area contributed by atoms with Crippen LogP contribution >= 0.6 is 0 Å². The smallest absolute Gasteiger partial charge is 0.337 e. The minimum atomic E-state index is -0.813. The third kappa shape index (κ3) is 1.78. The lowest BCUT2D eigenvalue weighted by Gasteiger charge is -2.16. The highest BCUT2D eigenvalue weighted by Gasteiger charge is 2.52. The molecule has 1 saturated carbocycles. The first-order valence-electron chi connectivity index (χ1n) is 5.86. The highest BCUT2D eigenvalue weighted by molar-refractivity contribution is 5.92. The van der Waals surface area contributed by atoms with Gasteiger partial charge in [-0.2, -0.15) is 0 Å². The van der Waals surface area contributed by atoms with E-state index in [0.717, 1.165) is 16.7 Å². The van der Waals surface area contributed by atoms with Gasteiger partial charge in [0.1, 0.15) is 0 Å². The van der Waals surface area contributed by atoms with Crippen LogP contribution in [-0.4, -0.2) is 24.2 Å². The molecule has 1 aromatic carbocycles. The van der Waals surface area contributed by atoms with Crippen LogP contribution < -0.4 is 0 Å². The van der Waals surface area contributed by atoms with Gasteiger partial charge in [-0.1, -0.05) is 0 Å². The Labute approximate surface area is 106 Å². The van der Waals surface area contributed by atoms with Crippen molar-refractivity contribution in [1.82, 2.24) is 0 Å². The second-order valence-electron chi connectivity index (χ2n) is 4.84. The van der Waals surface area contributed by atoms with E-state index in [9.17, 15) is 14.7 Å². The van der Waals surface area contributed by atoms with Gasteiger partial charge in [-0.3, -0.25) is 4.79 Å². The Morgan fingerprint density at radius 3 is 2.33 bits per heavy atom. The number of esters is 1. The lowest BCUT2D eigenvalue weighted by atomic mass is 9.88. The van der Waals surface area contributed by atoms with Crippen molar-refractivity contribution in [2.75, 3.05) is 7.11 Å². The van der Waals surface area contributed by atoms with Gasteiger partial charge < -0.3 is 9.84 Å². The third-order valence-corrected chi connectivity index (χ3v) is 3.76. The maximum Gasteiger partial charge on any atom is 0.337 e. The third-order valence-electron chi connectivity index (χ3n) is 3.76. The van der Waals surface area contributed by atoms with E-state index < -0.39 is 17.4 Å². The molecular formula is C14H16O4. The van der Waals surface area contributed by atoms with E-state index >= 15 is 0 Å². The van der Waals surface area contributed by atoms with E-state index in [1.807, 2.05) is 13.8 Å². The fourth-order valence-corrected chi connectivity index (χ4v) is 2.32.